The third-order valence-electron chi connectivity index (χ3n) is 4.98. The fourth-order valence-corrected chi connectivity index (χ4v) is 4.50. The molecule has 7 nitrogen and oxygen atoms in total. The summed E-state index contributed by atoms with van der Waals surface area (Å²) < 4.78 is 31.7. The van der Waals surface area contributed by atoms with Crippen LogP contribution in [-0.2, 0) is 21.3 Å². The van der Waals surface area contributed by atoms with Gasteiger partial charge in [0.05, 0.1) is 11.5 Å². The highest BCUT2D eigenvalue weighted by Crippen LogP contribution is 2.18. The van der Waals surface area contributed by atoms with E-state index in [4.69, 9.17) is 4.74 Å². The molecule has 1 aromatic carbocycles. The number of aliphatic imine (C=N–C) groups is 1. The summed E-state index contributed by atoms with van der Waals surface area (Å²) in [6.07, 6.45) is 1.10. The van der Waals surface area contributed by atoms with Crippen LogP contribution in [0.2, 0.25) is 0 Å². The number of hydrogen-bond donors (Lipinski definition) is 1. The minimum absolute atomic E-state index is 0. The van der Waals surface area contributed by atoms with Gasteiger partial charge in [0.25, 0.3) is 0 Å². The lowest BCUT2D eigenvalue weighted by Gasteiger charge is -2.22. The van der Waals surface area contributed by atoms with Crippen LogP contribution < -0.4 is 5.32 Å². The first-order valence-electron chi connectivity index (χ1n) is 9.31. The molecule has 1 aliphatic rings. The zero-order chi connectivity index (χ0) is 20.0. The smallest absolute Gasteiger partial charge is 0.243 e. The standard InChI is InChI=1S/C19H32N4O3S.HI/c1-15(2)22(4)27(24,25)18-8-6-16(7-9-18)12-21-19(20-3)23-11-10-17(13-23)14-26-5;/h6-9,15,17H,10-14H2,1-5H3,(H,20,21);1H. The van der Waals surface area contributed by atoms with Gasteiger partial charge in [-0.1, -0.05) is 12.1 Å². The van der Waals surface area contributed by atoms with Gasteiger partial charge in [0.2, 0.25) is 10.0 Å². The van der Waals surface area contributed by atoms with E-state index in [0.717, 1.165) is 37.6 Å². The van der Waals surface area contributed by atoms with Gasteiger partial charge in [-0.15, -0.1) is 24.0 Å². The van der Waals surface area contributed by atoms with Gasteiger partial charge in [0, 0.05) is 52.8 Å². The molecule has 0 bridgehead atoms. The van der Waals surface area contributed by atoms with Crippen molar-refractivity contribution in [3.63, 3.8) is 0 Å². The van der Waals surface area contributed by atoms with Gasteiger partial charge in [-0.25, -0.2) is 8.42 Å². The molecule has 0 amide bonds. The first-order valence-corrected chi connectivity index (χ1v) is 10.7. The van der Waals surface area contributed by atoms with Gasteiger partial charge < -0.3 is 15.0 Å². The summed E-state index contributed by atoms with van der Waals surface area (Å²) >= 11 is 0. The molecule has 1 atom stereocenters. The lowest BCUT2D eigenvalue weighted by Crippen LogP contribution is -2.39. The van der Waals surface area contributed by atoms with Crippen molar-refractivity contribution in [2.45, 2.75) is 37.8 Å². The SMILES string of the molecule is CN=C(NCc1ccc(S(=O)(=O)N(C)C(C)C)cc1)N1CCC(COC)C1.I. The molecule has 28 heavy (non-hydrogen) atoms. The molecular weight excluding hydrogens is 491 g/mol. The number of rotatable bonds is 7. The number of hydrogen-bond acceptors (Lipinski definition) is 4. The third kappa shape index (κ3) is 6.30. The number of guanidine groups is 1. The summed E-state index contributed by atoms with van der Waals surface area (Å²) in [5, 5.41) is 3.36. The Balaban J connectivity index is 0.00000392. The second kappa shape index (κ2) is 11.3. The van der Waals surface area contributed by atoms with Crippen molar-refractivity contribution in [1.29, 1.82) is 0 Å². The average molecular weight is 524 g/mol. The Bertz CT molecular complexity index is 738. The van der Waals surface area contributed by atoms with Crippen molar-refractivity contribution in [2.24, 2.45) is 10.9 Å². The quantitative estimate of drug-likeness (QED) is 0.337. The number of benzene rings is 1. The topological polar surface area (TPSA) is 74.2 Å². The van der Waals surface area contributed by atoms with Crippen LogP contribution in [0.4, 0.5) is 0 Å². The number of ether oxygens (including phenoxy) is 1. The summed E-state index contributed by atoms with van der Waals surface area (Å²) in [5.41, 5.74) is 1.01. The van der Waals surface area contributed by atoms with Gasteiger partial charge in [-0.3, -0.25) is 4.99 Å². The normalized spacial score (nSPS) is 17.9. The van der Waals surface area contributed by atoms with Gasteiger partial charge in [-0.2, -0.15) is 4.31 Å². The maximum atomic E-state index is 12.5. The van der Waals surface area contributed by atoms with E-state index < -0.39 is 10.0 Å². The molecule has 0 saturated carbocycles. The predicted octanol–water partition coefficient (Wildman–Crippen LogP) is 2.38. The van der Waals surface area contributed by atoms with Gasteiger partial charge in [-0.05, 0) is 38.0 Å². The van der Waals surface area contributed by atoms with E-state index in [1.54, 1.807) is 33.3 Å². The Morgan fingerprint density at radius 2 is 2.00 bits per heavy atom. The first kappa shape index (κ1) is 25.1. The van der Waals surface area contributed by atoms with Crippen molar-refractivity contribution >= 4 is 40.0 Å². The number of nitrogens with zero attached hydrogens (tertiary/aromatic N) is 3. The number of likely N-dealkylation sites (tertiary alicyclic amines) is 1. The first-order chi connectivity index (χ1) is 12.8. The van der Waals surface area contributed by atoms with Crippen molar-refractivity contribution in [2.75, 3.05) is 40.9 Å². The molecule has 0 aliphatic carbocycles. The van der Waals surface area contributed by atoms with Crippen LogP contribution in [0, 0.1) is 5.92 Å². The molecule has 160 valence electrons. The molecule has 1 aromatic rings. The van der Waals surface area contributed by atoms with Crippen molar-refractivity contribution < 1.29 is 13.2 Å². The second-order valence-corrected chi connectivity index (χ2v) is 9.21. The van der Waals surface area contributed by atoms with Crippen LogP contribution in [0.25, 0.3) is 0 Å². The van der Waals surface area contributed by atoms with Crippen LogP contribution in [0.1, 0.15) is 25.8 Å². The fraction of sp³-hybridized carbons (Fsp3) is 0.632. The molecular formula is C19H33IN4O3S. The van der Waals surface area contributed by atoms with Gasteiger partial charge in [0.15, 0.2) is 5.96 Å². The second-order valence-electron chi connectivity index (χ2n) is 7.22. The monoisotopic (exact) mass is 524 g/mol. The Hall–Kier alpha value is -0.910. The van der Waals surface area contributed by atoms with Crippen LogP contribution in [0.5, 0.6) is 0 Å². The van der Waals surface area contributed by atoms with E-state index in [1.165, 1.54) is 4.31 Å². The molecule has 2 rings (SSSR count). The molecule has 1 unspecified atom stereocenters. The number of halogens is 1. The van der Waals surface area contributed by atoms with Gasteiger partial charge >= 0.3 is 0 Å². The lowest BCUT2D eigenvalue weighted by atomic mass is 10.1. The summed E-state index contributed by atoms with van der Waals surface area (Å²) in [7, 11) is 1.67. The number of nitrogens with one attached hydrogen (secondary N) is 1. The number of methoxy groups -OCH3 is 1. The van der Waals surface area contributed by atoms with E-state index in [9.17, 15) is 8.42 Å². The van der Waals surface area contributed by atoms with Crippen LogP contribution >= 0.6 is 24.0 Å². The highest BCUT2D eigenvalue weighted by atomic mass is 127. The Morgan fingerprint density at radius 3 is 2.54 bits per heavy atom. The van der Waals surface area contributed by atoms with Crippen molar-refractivity contribution in [3.8, 4) is 0 Å². The van der Waals surface area contributed by atoms with Crippen LogP contribution in [0.3, 0.4) is 0 Å². The zero-order valence-electron chi connectivity index (χ0n) is 17.4. The molecule has 0 radical (unpaired) electrons. The molecule has 1 fully saturated rings. The van der Waals surface area contributed by atoms with E-state index in [0.29, 0.717) is 17.4 Å². The molecule has 1 aliphatic heterocycles. The maximum absolute atomic E-state index is 12.5. The molecule has 1 saturated heterocycles. The Morgan fingerprint density at radius 1 is 1.36 bits per heavy atom. The van der Waals surface area contributed by atoms with Crippen molar-refractivity contribution in [3.05, 3.63) is 29.8 Å². The van der Waals surface area contributed by atoms with E-state index >= 15 is 0 Å². The van der Waals surface area contributed by atoms with Crippen LogP contribution in [-0.4, -0.2) is 70.5 Å². The lowest BCUT2D eigenvalue weighted by molar-refractivity contribution is 0.157. The summed E-state index contributed by atoms with van der Waals surface area (Å²) in [6, 6.07) is 6.94. The fourth-order valence-electron chi connectivity index (χ4n) is 3.13. The van der Waals surface area contributed by atoms with Crippen LogP contribution in [0.15, 0.2) is 34.2 Å². The highest BCUT2D eigenvalue weighted by molar-refractivity contribution is 14.0. The molecule has 9 heteroatoms. The molecule has 1 N–H and O–H groups in total. The summed E-state index contributed by atoms with van der Waals surface area (Å²) in [6.45, 7) is 6.99. The predicted molar refractivity (Wildman–Crippen MR) is 124 cm³/mol. The largest absolute Gasteiger partial charge is 0.384 e. The highest BCUT2D eigenvalue weighted by Gasteiger charge is 2.25. The van der Waals surface area contributed by atoms with Gasteiger partial charge in [0.1, 0.15) is 0 Å². The summed E-state index contributed by atoms with van der Waals surface area (Å²) in [4.78, 5) is 6.92. The maximum Gasteiger partial charge on any atom is 0.243 e. The average Bonchev–Trinajstić information content (AvgIpc) is 3.10. The Kier molecular flexibility index (Phi) is 10.2. The van der Waals surface area contributed by atoms with E-state index in [2.05, 4.69) is 15.2 Å². The third-order valence-corrected chi connectivity index (χ3v) is 7.03. The van der Waals surface area contributed by atoms with E-state index in [1.807, 2.05) is 26.0 Å². The van der Waals surface area contributed by atoms with Crippen molar-refractivity contribution in [1.82, 2.24) is 14.5 Å². The molecule has 0 aromatic heterocycles. The summed E-state index contributed by atoms with van der Waals surface area (Å²) in [5.74, 6) is 1.40. The molecule has 0 spiro atoms. The minimum Gasteiger partial charge on any atom is -0.384 e. The minimum atomic E-state index is -3.45. The number of sulfonamides is 1. The Labute approximate surface area is 186 Å². The molecule has 1 heterocycles. The zero-order valence-corrected chi connectivity index (χ0v) is 20.5. The van der Waals surface area contributed by atoms with E-state index in [-0.39, 0.29) is 30.0 Å².